The molecule has 3 aliphatic rings. The first-order valence-corrected chi connectivity index (χ1v) is 12.8. The average molecular weight is 466 g/mol. The number of rotatable bonds is 2. The first-order valence-electron chi connectivity index (χ1n) is 11.1. The number of nitrogens with two attached hydrogens (primary N) is 1. The minimum atomic E-state index is -2.83. The summed E-state index contributed by atoms with van der Waals surface area (Å²) in [5, 5.41) is 1.09. The maximum Gasteiger partial charge on any atom is 0.282 e. The Labute approximate surface area is 194 Å². The van der Waals surface area contributed by atoms with Crippen molar-refractivity contribution in [1.82, 2.24) is 4.98 Å². The van der Waals surface area contributed by atoms with Crippen molar-refractivity contribution in [1.29, 1.82) is 0 Å². The molecule has 0 aliphatic carbocycles. The van der Waals surface area contributed by atoms with Gasteiger partial charge in [-0.3, -0.25) is 9.11 Å². The number of aromatic nitrogens is 1. The summed E-state index contributed by atoms with van der Waals surface area (Å²) >= 11 is 0. The molecule has 3 aromatic rings. The van der Waals surface area contributed by atoms with Gasteiger partial charge in [0.25, 0.3) is 6.02 Å². The summed E-state index contributed by atoms with van der Waals surface area (Å²) in [6.07, 6.45) is -0.0282. The first-order chi connectivity index (χ1) is 15.9. The lowest BCUT2D eigenvalue weighted by Crippen LogP contribution is -2.28. The number of hydrogen-bond acceptors (Lipinski definition) is 8. The lowest BCUT2D eigenvalue weighted by atomic mass is 10.1. The Morgan fingerprint density at radius 3 is 2.79 bits per heavy atom. The number of fused-ring (bicyclic) bond motifs is 3. The van der Waals surface area contributed by atoms with Crippen molar-refractivity contribution in [2.24, 2.45) is 10.7 Å². The molecule has 2 aromatic carbocycles. The fourth-order valence-electron chi connectivity index (χ4n) is 5.06. The molecule has 8 nitrogen and oxygen atoms in total. The number of aryl methyl sites for hydroxylation is 1. The highest BCUT2D eigenvalue weighted by Gasteiger charge is 2.40. The molecule has 33 heavy (non-hydrogen) atoms. The Kier molecular flexibility index (Phi) is 4.69. The number of ether oxygens (including phenoxy) is 1. The van der Waals surface area contributed by atoms with Crippen LogP contribution in [0.15, 0.2) is 58.4 Å². The van der Waals surface area contributed by atoms with E-state index in [9.17, 15) is 9.11 Å². The van der Waals surface area contributed by atoms with E-state index in [0.717, 1.165) is 34.5 Å². The van der Waals surface area contributed by atoms with Crippen molar-refractivity contribution >= 4 is 39.0 Å². The molecule has 4 heterocycles. The normalized spacial score (nSPS) is 24.6. The van der Waals surface area contributed by atoms with Crippen LogP contribution in [0.3, 0.4) is 0 Å². The van der Waals surface area contributed by atoms with Crippen LogP contribution in [-0.2, 0) is 11.3 Å². The molecule has 1 aromatic heterocycles. The van der Waals surface area contributed by atoms with Gasteiger partial charge in [0.1, 0.15) is 18.0 Å². The van der Waals surface area contributed by atoms with Gasteiger partial charge in [-0.15, -0.1) is 0 Å². The molecule has 172 valence electrons. The van der Waals surface area contributed by atoms with E-state index < -0.39 is 10.6 Å². The highest BCUT2D eigenvalue weighted by molar-refractivity contribution is 8.24. The zero-order valence-corrected chi connectivity index (χ0v) is 19.2. The molecule has 0 radical (unpaired) electrons. The fraction of sp³-hybridized carbons (Fsp3) is 0.333. The molecular weight excluding hydrogens is 438 g/mol. The Balaban J connectivity index is 1.42. The fourth-order valence-corrected chi connectivity index (χ4v) is 6.60. The molecule has 3 aliphatic heterocycles. The largest absolute Gasteiger partial charge is 0.458 e. The highest BCUT2D eigenvalue weighted by atomic mass is 32.3. The Morgan fingerprint density at radius 2 is 1.94 bits per heavy atom. The van der Waals surface area contributed by atoms with Crippen LogP contribution >= 0.6 is 10.6 Å². The Morgan fingerprint density at radius 1 is 1.09 bits per heavy atom. The van der Waals surface area contributed by atoms with Crippen LogP contribution in [0.5, 0.6) is 0 Å². The molecule has 1 saturated heterocycles. The summed E-state index contributed by atoms with van der Waals surface area (Å²) < 4.78 is 27.2. The second-order valence-corrected chi connectivity index (χ2v) is 11.2. The predicted octanol–water partition coefficient (Wildman–Crippen LogP) is 3.58. The molecule has 0 bridgehead atoms. The van der Waals surface area contributed by atoms with Crippen LogP contribution in [0.25, 0.3) is 10.9 Å². The van der Waals surface area contributed by atoms with Gasteiger partial charge in [0.05, 0.1) is 28.4 Å². The molecule has 0 spiro atoms. The third-order valence-corrected chi connectivity index (χ3v) is 8.58. The SMILES string of the molecule is Cc1ccc2nc(N3CCS(O)(O)c4ccccc4C3)cc(N3C[C@@H]4N=C(N)O[C@@H]4C3)c2c1. The van der Waals surface area contributed by atoms with Crippen molar-refractivity contribution < 1.29 is 13.8 Å². The summed E-state index contributed by atoms with van der Waals surface area (Å²) in [5.41, 5.74) is 9.88. The van der Waals surface area contributed by atoms with Crippen LogP contribution in [0.2, 0.25) is 0 Å². The quantitative estimate of drug-likeness (QED) is 0.531. The second kappa shape index (κ2) is 7.51. The molecule has 4 N–H and O–H groups in total. The summed E-state index contributed by atoms with van der Waals surface area (Å²) in [5.74, 6) is 1.11. The van der Waals surface area contributed by atoms with Crippen molar-refractivity contribution in [3.8, 4) is 0 Å². The number of hydrogen-bond donors (Lipinski definition) is 3. The van der Waals surface area contributed by atoms with E-state index in [0.29, 0.717) is 24.5 Å². The minimum Gasteiger partial charge on any atom is -0.458 e. The summed E-state index contributed by atoms with van der Waals surface area (Å²) in [6, 6.07) is 16.3. The van der Waals surface area contributed by atoms with Crippen LogP contribution in [0.1, 0.15) is 11.1 Å². The van der Waals surface area contributed by atoms with E-state index in [1.54, 1.807) is 0 Å². The third-order valence-electron chi connectivity index (χ3n) is 6.73. The zero-order chi connectivity index (χ0) is 22.7. The van der Waals surface area contributed by atoms with Crippen LogP contribution < -0.4 is 15.5 Å². The minimum absolute atomic E-state index is 0.0282. The number of anilines is 2. The molecule has 6 rings (SSSR count). The van der Waals surface area contributed by atoms with E-state index in [2.05, 4.69) is 46.0 Å². The van der Waals surface area contributed by atoms with Gasteiger partial charge in [0, 0.05) is 31.1 Å². The molecule has 2 atom stereocenters. The summed E-state index contributed by atoms with van der Waals surface area (Å²) in [4.78, 5) is 14.5. The van der Waals surface area contributed by atoms with Crippen molar-refractivity contribution in [3.63, 3.8) is 0 Å². The van der Waals surface area contributed by atoms with Gasteiger partial charge >= 0.3 is 0 Å². The second-order valence-electron chi connectivity index (χ2n) is 9.02. The summed E-state index contributed by atoms with van der Waals surface area (Å²) in [7, 11) is -2.83. The van der Waals surface area contributed by atoms with Crippen LogP contribution in [0, 0.1) is 6.92 Å². The van der Waals surface area contributed by atoms with Crippen molar-refractivity contribution in [2.45, 2.75) is 30.5 Å². The van der Waals surface area contributed by atoms with Gasteiger partial charge in [-0.2, -0.15) is 10.6 Å². The van der Waals surface area contributed by atoms with E-state index in [-0.39, 0.29) is 23.9 Å². The van der Waals surface area contributed by atoms with Gasteiger partial charge in [-0.05, 0) is 30.7 Å². The number of aliphatic imine (C=N–C) groups is 1. The molecule has 0 saturated carbocycles. The third kappa shape index (κ3) is 3.56. The maximum atomic E-state index is 10.8. The standard InChI is InChI=1S/C24H27N5O3S/c1-15-6-7-18-17(10-15)20(29-13-19-21(14-29)32-24(25)27-19)11-23(26-18)28-8-9-33(30,31)22-5-3-2-4-16(22)12-28/h2-7,10-11,19,21,30-31H,8-9,12-14H2,1H3,(H2,25,27)/t19-,21+/m0/s1. The van der Waals surface area contributed by atoms with Crippen molar-refractivity contribution in [3.05, 3.63) is 59.7 Å². The highest BCUT2D eigenvalue weighted by Crippen LogP contribution is 2.51. The number of pyridine rings is 1. The monoisotopic (exact) mass is 465 g/mol. The average Bonchev–Trinajstić information content (AvgIpc) is 3.29. The van der Waals surface area contributed by atoms with Gasteiger partial charge < -0.3 is 20.3 Å². The maximum absolute atomic E-state index is 10.8. The number of amidine groups is 1. The van der Waals surface area contributed by atoms with E-state index >= 15 is 0 Å². The van der Waals surface area contributed by atoms with E-state index in [4.69, 9.17) is 15.5 Å². The van der Waals surface area contributed by atoms with E-state index in [1.165, 1.54) is 5.56 Å². The number of benzene rings is 2. The first kappa shape index (κ1) is 20.6. The topological polar surface area (TPSA) is 107 Å². The van der Waals surface area contributed by atoms with Crippen molar-refractivity contribution in [2.75, 3.05) is 35.2 Å². The smallest absolute Gasteiger partial charge is 0.282 e. The van der Waals surface area contributed by atoms with Crippen LogP contribution in [-0.4, -0.2) is 57.6 Å². The number of nitrogens with zero attached hydrogens (tertiary/aromatic N) is 4. The Hall–Kier alpha value is -3.01. The van der Waals surface area contributed by atoms with E-state index in [1.807, 2.05) is 24.3 Å². The molecular formula is C24H27N5O3S. The van der Waals surface area contributed by atoms with Gasteiger partial charge in [-0.1, -0.05) is 29.8 Å². The zero-order valence-electron chi connectivity index (χ0n) is 18.4. The molecule has 9 heteroatoms. The van der Waals surface area contributed by atoms with Crippen LogP contribution in [0.4, 0.5) is 11.5 Å². The molecule has 0 unspecified atom stereocenters. The lowest BCUT2D eigenvalue weighted by molar-refractivity contribution is 0.223. The van der Waals surface area contributed by atoms with Gasteiger partial charge in [0.15, 0.2) is 0 Å². The predicted molar refractivity (Wildman–Crippen MR) is 132 cm³/mol. The summed E-state index contributed by atoms with van der Waals surface area (Å²) in [6.45, 7) is 4.62. The van der Waals surface area contributed by atoms with Gasteiger partial charge in [-0.25, -0.2) is 9.98 Å². The molecule has 1 fully saturated rings. The Bertz CT molecular complexity index is 1280. The van der Waals surface area contributed by atoms with Gasteiger partial charge in [0.2, 0.25) is 0 Å². The molecule has 0 amide bonds. The lowest BCUT2D eigenvalue weighted by Gasteiger charge is -2.32.